The van der Waals surface area contributed by atoms with Crippen molar-refractivity contribution in [2.45, 2.75) is 25.7 Å². The Bertz CT molecular complexity index is 92.1. The second-order valence-corrected chi connectivity index (χ2v) is 2.78. The molecule has 3 heteroatoms. The summed E-state index contributed by atoms with van der Waals surface area (Å²) in [6, 6.07) is 0.338. The third-order valence-corrected chi connectivity index (χ3v) is 1.86. The Morgan fingerprint density at radius 1 is 1.18 bits per heavy atom. The van der Waals surface area contributed by atoms with Crippen LogP contribution in [0, 0.1) is 0 Å². The van der Waals surface area contributed by atoms with Crippen LogP contribution >= 0.6 is 0 Å². The van der Waals surface area contributed by atoms with Gasteiger partial charge in [0.25, 0.3) is 0 Å². The minimum absolute atomic E-state index is 0.116. The number of likely N-dealkylation sites (N-methyl/N-ethyl adjacent to an activating group) is 1. The Balaban J connectivity index is 3.98. The second kappa shape index (κ2) is 5.52. The zero-order chi connectivity index (χ0) is 8.85. The number of hydrogen-bond acceptors (Lipinski definition) is 3. The van der Waals surface area contributed by atoms with Crippen molar-refractivity contribution >= 4 is 0 Å². The first-order chi connectivity index (χ1) is 5.17. The summed E-state index contributed by atoms with van der Waals surface area (Å²) in [4.78, 5) is 2.11. The van der Waals surface area contributed by atoms with E-state index in [1.54, 1.807) is 14.2 Å². The lowest BCUT2D eigenvalue weighted by Crippen LogP contribution is -2.40. The van der Waals surface area contributed by atoms with Crippen molar-refractivity contribution in [1.82, 2.24) is 4.90 Å². The van der Waals surface area contributed by atoms with E-state index in [0.717, 1.165) is 6.42 Å². The van der Waals surface area contributed by atoms with Crippen LogP contribution in [0.5, 0.6) is 0 Å². The van der Waals surface area contributed by atoms with E-state index in [2.05, 4.69) is 11.8 Å². The average Bonchev–Trinajstić information content (AvgIpc) is 1.99. The highest BCUT2D eigenvalue weighted by Gasteiger charge is 2.20. The molecule has 11 heavy (non-hydrogen) atoms. The summed E-state index contributed by atoms with van der Waals surface area (Å²) in [5.41, 5.74) is 0. The van der Waals surface area contributed by atoms with E-state index in [-0.39, 0.29) is 6.29 Å². The SMILES string of the molecule is CCC(C(OC)OC)N(C)C. The molecule has 3 nitrogen and oxygen atoms in total. The van der Waals surface area contributed by atoms with Gasteiger partial charge in [0.05, 0.1) is 6.04 Å². The van der Waals surface area contributed by atoms with Crippen LogP contribution in [-0.4, -0.2) is 45.5 Å². The molecule has 1 unspecified atom stereocenters. The van der Waals surface area contributed by atoms with Crippen LogP contribution in [0.3, 0.4) is 0 Å². The standard InChI is InChI=1S/C8H19NO2/c1-6-7(9(2)3)8(10-4)11-5/h7-8H,6H2,1-5H3. The molecule has 0 amide bonds. The second-order valence-electron chi connectivity index (χ2n) is 2.78. The van der Waals surface area contributed by atoms with E-state index < -0.39 is 0 Å². The summed E-state index contributed by atoms with van der Waals surface area (Å²) in [5, 5.41) is 0. The van der Waals surface area contributed by atoms with E-state index in [1.807, 2.05) is 14.1 Å². The molecular formula is C8H19NO2. The summed E-state index contributed by atoms with van der Waals surface area (Å²) in [6.07, 6.45) is 0.911. The molecule has 0 spiro atoms. The number of rotatable bonds is 5. The lowest BCUT2D eigenvalue weighted by molar-refractivity contribution is -0.141. The molecule has 68 valence electrons. The third kappa shape index (κ3) is 3.18. The molecule has 0 radical (unpaired) electrons. The molecule has 0 saturated heterocycles. The molecule has 0 aromatic heterocycles. The van der Waals surface area contributed by atoms with E-state index in [0.29, 0.717) is 6.04 Å². The van der Waals surface area contributed by atoms with Crippen molar-refractivity contribution in [3.05, 3.63) is 0 Å². The first-order valence-electron chi connectivity index (χ1n) is 3.89. The number of hydrogen-bond donors (Lipinski definition) is 0. The zero-order valence-electron chi connectivity index (χ0n) is 8.13. The molecule has 0 aliphatic carbocycles. The molecule has 0 rings (SSSR count). The Morgan fingerprint density at radius 3 is 1.73 bits per heavy atom. The summed E-state index contributed by atoms with van der Waals surface area (Å²) < 4.78 is 10.3. The molecule has 0 fully saturated rings. The first kappa shape index (κ1) is 10.9. The number of methoxy groups -OCH3 is 2. The Morgan fingerprint density at radius 2 is 1.64 bits per heavy atom. The predicted octanol–water partition coefficient (Wildman–Crippen LogP) is 0.946. The molecule has 0 aromatic carbocycles. The first-order valence-corrected chi connectivity index (χ1v) is 3.89. The summed E-state index contributed by atoms with van der Waals surface area (Å²) in [7, 11) is 7.39. The van der Waals surface area contributed by atoms with Gasteiger partial charge in [-0.3, -0.25) is 0 Å². The Labute approximate surface area is 69.3 Å². The Kier molecular flexibility index (Phi) is 5.46. The van der Waals surface area contributed by atoms with E-state index >= 15 is 0 Å². The van der Waals surface area contributed by atoms with Gasteiger partial charge in [0.15, 0.2) is 6.29 Å². The highest BCUT2D eigenvalue weighted by Crippen LogP contribution is 2.08. The van der Waals surface area contributed by atoms with Crippen LogP contribution in [0.2, 0.25) is 0 Å². The maximum atomic E-state index is 5.15. The van der Waals surface area contributed by atoms with Gasteiger partial charge in [0.2, 0.25) is 0 Å². The van der Waals surface area contributed by atoms with Gasteiger partial charge in [-0.2, -0.15) is 0 Å². The van der Waals surface area contributed by atoms with Crippen molar-refractivity contribution in [1.29, 1.82) is 0 Å². The minimum atomic E-state index is -0.116. The molecule has 0 saturated carbocycles. The van der Waals surface area contributed by atoms with Crippen LogP contribution in [0.15, 0.2) is 0 Å². The topological polar surface area (TPSA) is 21.7 Å². The lowest BCUT2D eigenvalue weighted by atomic mass is 10.2. The number of ether oxygens (including phenoxy) is 2. The van der Waals surface area contributed by atoms with Crippen LogP contribution in [-0.2, 0) is 9.47 Å². The van der Waals surface area contributed by atoms with Crippen molar-refractivity contribution in [3.8, 4) is 0 Å². The fourth-order valence-electron chi connectivity index (χ4n) is 1.21. The summed E-state index contributed by atoms with van der Waals surface area (Å²) in [5.74, 6) is 0. The molecule has 1 atom stereocenters. The van der Waals surface area contributed by atoms with Gasteiger partial charge >= 0.3 is 0 Å². The Hall–Kier alpha value is -0.120. The smallest absolute Gasteiger partial charge is 0.172 e. The van der Waals surface area contributed by atoms with E-state index in [4.69, 9.17) is 9.47 Å². The fourth-order valence-corrected chi connectivity index (χ4v) is 1.21. The monoisotopic (exact) mass is 161 g/mol. The molecule has 0 heterocycles. The van der Waals surface area contributed by atoms with Gasteiger partial charge in [-0.25, -0.2) is 0 Å². The van der Waals surface area contributed by atoms with E-state index in [9.17, 15) is 0 Å². The van der Waals surface area contributed by atoms with Gasteiger partial charge in [-0.15, -0.1) is 0 Å². The summed E-state index contributed by atoms with van der Waals surface area (Å²) >= 11 is 0. The quantitative estimate of drug-likeness (QED) is 0.560. The van der Waals surface area contributed by atoms with Crippen molar-refractivity contribution < 1.29 is 9.47 Å². The molecule has 0 N–H and O–H groups in total. The molecular weight excluding hydrogens is 142 g/mol. The van der Waals surface area contributed by atoms with Crippen LogP contribution in [0.25, 0.3) is 0 Å². The molecule has 0 aromatic rings. The summed E-state index contributed by atoms with van der Waals surface area (Å²) in [6.45, 7) is 2.12. The third-order valence-electron chi connectivity index (χ3n) is 1.86. The molecule has 0 bridgehead atoms. The van der Waals surface area contributed by atoms with Crippen LogP contribution in [0.4, 0.5) is 0 Å². The average molecular weight is 161 g/mol. The van der Waals surface area contributed by atoms with Crippen molar-refractivity contribution in [2.75, 3.05) is 28.3 Å². The zero-order valence-corrected chi connectivity index (χ0v) is 8.13. The van der Waals surface area contributed by atoms with Crippen LogP contribution < -0.4 is 0 Å². The maximum absolute atomic E-state index is 5.15. The fraction of sp³-hybridized carbons (Fsp3) is 1.00. The minimum Gasteiger partial charge on any atom is -0.354 e. The lowest BCUT2D eigenvalue weighted by Gasteiger charge is -2.29. The largest absolute Gasteiger partial charge is 0.354 e. The van der Waals surface area contributed by atoms with Crippen LogP contribution in [0.1, 0.15) is 13.3 Å². The maximum Gasteiger partial charge on any atom is 0.172 e. The highest BCUT2D eigenvalue weighted by atomic mass is 16.7. The predicted molar refractivity (Wildman–Crippen MR) is 45.6 cm³/mol. The van der Waals surface area contributed by atoms with Gasteiger partial charge in [-0.05, 0) is 20.5 Å². The number of nitrogens with zero attached hydrogens (tertiary/aromatic N) is 1. The van der Waals surface area contributed by atoms with Crippen molar-refractivity contribution in [2.24, 2.45) is 0 Å². The van der Waals surface area contributed by atoms with Crippen molar-refractivity contribution in [3.63, 3.8) is 0 Å². The molecule has 0 aliphatic heterocycles. The molecule has 0 aliphatic rings. The van der Waals surface area contributed by atoms with Gasteiger partial charge in [-0.1, -0.05) is 6.92 Å². The van der Waals surface area contributed by atoms with Gasteiger partial charge in [0, 0.05) is 14.2 Å². The highest BCUT2D eigenvalue weighted by molar-refractivity contribution is 4.67. The normalized spacial score (nSPS) is 14.5. The van der Waals surface area contributed by atoms with E-state index in [1.165, 1.54) is 0 Å². The van der Waals surface area contributed by atoms with Gasteiger partial charge in [0.1, 0.15) is 0 Å². The van der Waals surface area contributed by atoms with Gasteiger partial charge < -0.3 is 14.4 Å².